The number of Topliss-reactive ketones (excluding diaryl/α,β-unsaturated/α-hetero) is 1. The first-order valence-electron chi connectivity index (χ1n) is 7.85. The van der Waals surface area contributed by atoms with Gasteiger partial charge in [-0.1, -0.05) is 51.1 Å². The summed E-state index contributed by atoms with van der Waals surface area (Å²) in [7, 11) is 0. The molecule has 0 aliphatic carbocycles. The summed E-state index contributed by atoms with van der Waals surface area (Å²) >= 11 is 0. The van der Waals surface area contributed by atoms with Gasteiger partial charge in [0.05, 0.1) is 6.04 Å². The van der Waals surface area contributed by atoms with E-state index in [-0.39, 0.29) is 11.5 Å². The molecule has 1 aromatic rings. The molecule has 0 N–H and O–H groups in total. The second-order valence-electron chi connectivity index (χ2n) is 7.34. The van der Waals surface area contributed by atoms with Crippen molar-refractivity contribution in [1.82, 2.24) is 4.90 Å². The van der Waals surface area contributed by atoms with Gasteiger partial charge in [-0.15, -0.1) is 0 Å². The Hall–Kier alpha value is -1.15. The van der Waals surface area contributed by atoms with Gasteiger partial charge in [0.15, 0.2) is 5.78 Å². The molecule has 2 heteroatoms. The Morgan fingerprint density at radius 3 is 2.00 bits per heavy atom. The Kier molecular flexibility index (Phi) is 3.45. The van der Waals surface area contributed by atoms with Crippen LogP contribution in [0.3, 0.4) is 0 Å². The van der Waals surface area contributed by atoms with Gasteiger partial charge in [0.25, 0.3) is 0 Å². The third kappa shape index (κ3) is 2.31. The highest BCUT2D eigenvalue weighted by molar-refractivity contribution is 5.90. The fraction of sp³-hybridized carbons (Fsp3) is 0.611. The number of hydrogen-bond acceptors (Lipinski definition) is 2. The van der Waals surface area contributed by atoms with Crippen LogP contribution in [0.2, 0.25) is 0 Å². The van der Waals surface area contributed by atoms with E-state index in [1.807, 2.05) is 26.8 Å². The number of carbonyl (C=O) groups excluding carboxylic acids is 1. The molecule has 0 radical (unpaired) electrons. The van der Waals surface area contributed by atoms with Crippen LogP contribution in [0.15, 0.2) is 30.3 Å². The fourth-order valence-corrected chi connectivity index (χ4v) is 3.88. The SMILES string of the molecule is CC(C)(C)C(=O)[C@@H](c1ccccc1)N1C2CCC1CC2. The van der Waals surface area contributed by atoms with E-state index in [4.69, 9.17) is 0 Å². The van der Waals surface area contributed by atoms with Gasteiger partial charge < -0.3 is 0 Å². The highest BCUT2D eigenvalue weighted by Gasteiger charge is 2.47. The molecular weight excluding hydrogens is 246 g/mol. The molecule has 0 aromatic heterocycles. The lowest BCUT2D eigenvalue weighted by Crippen LogP contribution is -2.42. The van der Waals surface area contributed by atoms with Gasteiger partial charge in [0.2, 0.25) is 0 Å². The summed E-state index contributed by atoms with van der Waals surface area (Å²) in [5, 5.41) is 0. The Bertz CT molecular complexity index is 468. The fourth-order valence-electron chi connectivity index (χ4n) is 3.88. The maximum absolute atomic E-state index is 13.0. The zero-order valence-electron chi connectivity index (χ0n) is 12.8. The molecule has 2 aliphatic heterocycles. The normalized spacial score (nSPS) is 27.8. The number of nitrogens with zero attached hydrogens (tertiary/aromatic N) is 1. The van der Waals surface area contributed by atoms with Gasteiger partial charge in [-0.25, -0.2) is 0 Å². The minimum Gasteiger partial charge on any atom is -0.297 e. The maximum Gasteiger partial charge on any atom is 0.159 e. The van der Waals surface area contributed by atoms with E-state index in [0.29, 0.717) is 17.9 Å². The number of benzene rings is 1. The predicted octanol–water partition coefficient (Wildman–Crippen LogP) is 3.97. The molecule has 0 unspecified atom stereocenters. The van der Waals surface area contributed by atoms with Gasteiger partial charge >= 0.3 is 0 Å². The summed E-state index contributed by atoms with van der Waals surface area (Å²) in [5.74, 6) is 0.363. The lowest BCUT2D eigenvalue weighted by molar-refractivity contribution is -0.132. The molecule has 2 aliphatic rings. The minimum atomic E-state index is -0.289. The lowest BCUT2D eigenvalue weighted by atomic mass is 9.83. The average Bonchev–Trinajstić information content (AvgIpc) is 3.00. The molecule has 0 spiro atoms. The number of rotatable bonds is 3. The van der Waals surface area contributed by atoms with E-state index in [9.17, 15) is 4.79 Å². The van der Waals surface area contributed by atoms with Crippen LogP contribution >= 0.6 is 0 Å². The summed E-state index contributed by atoms with van der Waals surface area (Å²) in [6.07, 6.45) is 5.08. The highest BCUT2D eigenvalue weighted by atomic mass is 16.1. The molecule has 0 saturated carbocycles. The van der Waals surface area contributed by atoms with Gasteiger partial charge in [-0.3, -0.25) is 9.69 Å². The summed E-state index contributed by atoms with van der Waals surface area (Å²) in [6, 6.07) is 11.6. The van der Waals surface area contributed by atoms with Crippen LogP contribution in [0, 0.1) is 5.41 Å². The predicted molar refractivity (Wildman–Crippen MR) is 81.5 cm³/mol. The first kappa shape index (κ1) is 13.8. The molecule has 1 aromatic carbocycles. The molecule has 2 fully saturated rings. The van der Waals surface area contributed by atoms with Crippen LogP contribution in [0.25, 0.3) is 0 Å². The van der Waals surface area contributed by atoms with Crippen LogP contribution in [0.4, 0.5) is 0 Å². The van der Waals surface area contributed by atoms with Gasteiger partial charge in [-0.2, -0.15) is 0 Å². The first-order chi connectivity index (χ1) is 9.48. The smallest absolute Gasteiger partial charge is 0.159 e. The van der Waals surface area contributed by atoms with Crippen LogP contribution < -0.4 is 0 Å². The first-order valence-corrected chi connectivity index (χ1v) is 7.85. The number of fused-ring (bicyclic) bond motifs is 2. The zero-order chi connectivity index (χ0) is 14.3. The van der Waals surface area contributed by atoms with Gasteiger partial charge in [0.1, 0.15) is 0 Å². The van der Waals surface area contributed by atoms with Crippen LogP contribution in [0.1, 0.15) is 58.1 Å². The van der Waals surface area contributed by atoms with E-state index in [1.165, 1.54) is 31.2 Å². The largest absolute Gasteiger partial charge is 0.297 e. The second kappa shape index (κ2) is 5.00. The van der Waals surface area contributed by atoms with Crippen molar-refractivity contribution < 1.29 is 4.79 Å². The molecular formula is C18H25NO. The van der Waals surface area contributed by atoms with E-state index >= 15 is 0 Å². The average molecular weight is 271 g/mol. The van der Waals surface area contributed by atoms with Crippen molar-refractivity contribution in [3.05, 3.63) is 35.9 Å². The standard InChI is InChI=1S/C18H25NO/c1-18(2,3)17(20)16(13-7-5-4-6-8-13)19-14-9-10-15(19)12-11-14/h4-8,14-16H,9-12H2,1-3H3/t14?,15?,16-/m1/s1. The molecule has 2 saturated heterocycles. The van der Waals surface area contributed by atoms with E-state index < -0.39 is 0 Å². The Morgan fingerprint density at radius 2 is 1.55 bits per heavy atom. The van der Waals surface area contributed by atoms with Crippen molar-refractivity contribution in [3.63, 3.8) is 0 Å². The van der Waals surface area contributed by atoms with Crippen LogP contribution in [-0.4, -0.2) is 22.8 Å². The Balaban J connectivity index is 1.98. The van der Waals surface area contributed by atoms with E-state index in [0.717, 1.165) is 0 Å². The quantitative estimate of drug-likeness (QED) is 0.829. The van der Waals surface area contributed by atoms with Crippen molar-refractivity contribution in [2.75, 3.05) is 0 Å². The van der Waals surface area contributed by atoms with Gasteiger partial charge in [-0.05, 0) is 31.2 Å². The molecule has 0 amide bonds. The molecule has 2 nitrogen and oxygen atoms in total. The summed E-state index contributed by atoms with van der Waals surface area (Å²) in [5.41, 5.74) is 0.883. The van der Waals surface area contributed by atoms with Gasteiger partial charge in [0, 0.05) is 17.5 Å². The summed E-state index contributed by atoms with van der Waals surface area (Å²) in [4.78, 5) is 15.6. The van der Waals surface area contributed by atoms with Crippen LogP contribution in [-0.2, 0) is 4.79 Å². The number of ketones is 1. The lowest BCUT2D eigenvalue weighted by Gasteiger charge is -2.35. The maximum atomic E-state index is 13.0. The van der Waals surface area contributed by atoms with Crippen molar-refractivity contribution in [2.24, 2.45) is 5.41 Å². The topological polar surface area (TPSA) is 20.3 Å². The third-order valence-electron chi connectivity index (χ3n) is 4.91. The highest BCUT2D eigenvalue weighted by Crippen LogP contribution is 2.45. The third-order valence-corrected chi connectivity index (χ3v) is 4.91. The molecule has 20 heavy (non-hydrogen) atoms. The van der Waals surface area contributed by atoms with E-state index in [2.05, 4.69) is 29.2 Å². The molecule has 1 atom stereocenters. The summed E-state index contributed by atoms with van der Waals surface area (Å²) in [6.45, 7) is 6.13. The van der Waals surface area contributed by atoms with Crippen molar-refractivity contribution >= 4 is 5.78 Å². The minimum absolute atomic E-state index is 0.0452. The molecule has 2 heterocycles. The van der Waals surface area contributed by atoms with E-state index in [1.54, 1.807) is 0 Å². The van der Waals surface area contributed by atoms with Crippen molar-refractivity contribution in [3.8, 4) is 0 Å². The Morgan fingerprint density at radius 1 is 1.05 bits per heavy atom. The second-order valence-corrected chi connectivity index (χ2v) is 7.34. The summed E-state index contributed by atoms with van der Waals surface area (Å²) < 4.78 is 0. The monoisotopic (exact) mass is 271 g/mol. The van der Waals surface area contributed by atoms with Crippen LogP contribution in [0.5, 0.6) is 0 Å². The molecule has 2 bridgehead atoms. The number of hydrogen-bond donors (Lipinski definition) is 0. The zero-order valence-corrected chi connectivity index (χ0v) is 12.8. The number of carbonyl (C=O) groups is 1. The molecule has 108 valence electrons. The van der Waals surface area contributed by atoms with Crippen molar-refractivity contribution in [1.29, 1.82) is 0 Å². The van der Waals surface area contributed by atoms with Crippen molar-refractivity contribution in [2.45, 2.75) is 64.6 Å². The molecule has 3 rings (SSSR count). The Labute approximate surface area is 122 Å².